The zero-order valence-electron chi connectivity index (χ0n) is 15.7. The number of hydrogen-bond donors (Lipinski definition) is 4. The molecule has 0 saturated heterocycles. The van der Waals surface area contributed by atoms with Gasteiger partial charge in [-0.15, -0.1) is 0 Å². The number of amidine groups is 1. The van der Waals surface area contributed by atoms with Gasteiger partial charge >= 0.3 is 6.03 Å². The number of methoxy groups -OCH3 is 2. The van der Waals surface area contributed by atoms with Crippen molar-refractivity contribution in [3.8, 4) is 5.75 Å². The van der Waals surface area contributed by atoms with Crippen molar-refractivity contribution in [2.45, 2.75) is 13.8 Å². The number of amides is 2. The number of carbonyl (C=O) groups excluding carboxylic acids is 1. The first-order valence-corrected chi connectivity index (χ1v) is 8.44. The van der Waals surface area contributed by atoms with E-state index in [0.29, 0.717) is 30.4 Å². The molecule has 0 aliphatic heterocycles. The molecule has 1 aromatic carbocycles. The lowest BCUT2D eigenvalue weighted by atomic mass is 10.1. The van der Waals surface area contributed by atoms with Crippen molar-refractivity contribution in [3.05, 3.63) is 54.8 Å². The van der Waals surface area contributed by atoms with Crippen LogP contribution in [0.4, 0.5) is 4.79 Å². The number of aliphatic imine (C=N–C) groups is 1. The molecule has 0 saturated carbocycles. The van der Waals surface area contributed by atoms with E-state index in [2.05, 4.69) is 27.5 Å². The maximum absolute atomic E-state index is 11.6. The van der Waals surface area contributed by atoms with Gasteiger partial charge in [-0.05, 0) is 36.9 Å². The van der Waals surface area contributed by atoms with Crippen LogP contribution in [0.15, 0.2) is 54.2 Å². The summed E-state index contributed by atoms with van der Waals surface area (Å²) in [4.78, 5) is 15.8. The van der Waals surface area contributed by atoms with Crippen molar-refractivity contribution in [3.63, 3.8) is 0 Å². The van der Waals surface area contributed by atoms with Gasteiger partial charge in [0.2, 0.25) is 0 Å². The lowest BCUT2D eigenvalue weighted by Gasteiger charge is -2.06. The molecule has 0 unspecified atom stereocenters. The minimum absolute atomic E-state index is 0. The number of hydrogen-bond acceptors (Lipinski definition) is 5. The average molecular weight is 390 g/mol. The summed E-state index contributed by atoms with van der Waals surface area (Å²) in [6.45, 7) is 4.81. The third-order valence-electron chi connectivity index (χ3n) is 3.34. The summed E-state index contributed by atoms with van der Waals surface area (Å²) in [6, 6.07) is 6.94. The molecule has 0 aliphatic carbocycles. The van der Waals surface area contributed by atoms with Gasteiger partial charge in [-0.3, -0.25) is 0 Å². The summed E-state index contributed by atoms with van der Waals surface area (Å²) in [5.74, 6) is 1.15. The zero-order valence-corrected chi connectivity index (χ0v) is 15.7. The maximum atomic E-state index is 11.6. The summed E-state index contributed by atoms with van der Waals surface area (Å²) in [6.07, 6.45) is 5.46. The highest BCUT2D eigenvalue weighted by molar-refractivity contribution is 6.10. The van der Waals surface area contributed by atoms with E-state index in [1.165, 1.54) is 6.20 Å². The molecule has 8 heteroatoms. The summed E-state index contributed by atoms with van der Waals surface area (Å²) >= 11 is 0. The maximum Gasteiger partial charge on any atom is 0.316 e. The molecule has 28 heavy (non-hydrogen) atoms. The average Bonchev–Trinajstić information content (AvgIpc) is 2.69. The third kappa shape index (κ3) is 10.1. The Morgan fingerprint density at radius 1 is 1.29 bits per heavy atom. The number of urea groups is 1. The minimum atomic E-state index is -0.305. The van der Waals surface area contributed by atoms with Gasteiger partial charge in [-0.1, -0.05) is 26.1 Å². The molecule has 0 atom stereocenters. The van der Waals surface area contributed by atoms with Crippen LogP contribution in [0.3, 0.4) is 0 Å². The molecule has 4 N–H and O–H groups in total. The van der Waals surface area contributed by atoms with Crippen LogP contribution in [0.1, 0.15) is 19.4 Å². The van der Waals surface area contributed by atoms with Gasteiger partial charge in [0.05, 0.1) is 12.8 Å². The van der Waals surface area contributed by atoms with E-state index in [1.807, 2.05) is 18.2 Å². The third-order valence-corrected chi connectivity index (χ3v) is 3.34. The van der Waals surface area contributed by atoms with E-state index in [1.54, 1.807) is 32.4 Å². The predicted molar refractivity (Wildman–Crippen MR) is 114 cm³/mol. The summed E-state index contributed by atoms with van der Waals surface area (Å²) in [5.41, 5.74) is 1.02. The van der Waals surface area contributed by atoms with Gasteiger partial charge < -0.3 is 30.8 Å². The number of rotatable bonds is 11. The van der Waals surface area contributed by atoms with Crippen LogP contribution in [-0.2, 0) is 4.74 Å². The summed E-state index contributed by atoms with van der Waals surface area (Å²) in [7, 11) is 3.20. The first kappa shape index (κ1) is 24.9. The van der Waals surface area contributed by atoms with Crippen LogP contribution in [-0.4, -0.2) is 51.6 Å². The Hall–Kier alpha value is -3.13. The Labute approximate surface area is 167 Å². The van der Waals surface area contributed by atoms with E-state index in [0.717, 1.165) is 12.0 Å². The first-order valence-electron chi connectivity index (χ1n) is 8.44. The van der Waals surface area contributed by atoms with Gasteiger partial charge in [-0.2, -0.15) is 0 Å². The Bertz CT molecular complexity index is 686. The largest absolute Gasteiger partial charge is 0.497 e. The standard InChI is InChI=1S/C19H27N5O3.CH4/c1-4-21-18(23-14-24-19(25)22-11-6-12-26-2)10-9-17(20)15-7-5-8-16(13-15)27-3;/h4-5,7-10,13,20H,1,6,11-12,14H2,2-3H3,(H,21,23)(H2,22,24,25);1H4/b10-9-,20-17?;. The normalized spacial score (nSPS) is 10.7. The molecule has 0 heterocycles. The molecule has 0 spiro atoms. The molecule has 0 aliphatic rings. The monoisotopic (exact) mass is 389 g/mol. The molecule has 154 valence electrons. The fraction of sp³-hybridized carbons (Fsp3) is 0.350. The van der Waals surface area contributed by atoms with Crippen molar-refractivity contribution in [2.75, 3.05) is 34.0 Å². The molecule has 0 bridgehead atoms. The van der Waals surface area contributed by atoms with Crippen LogP contribution in [0.5, 0.6) is 5.75 Å². The quantitative estimate of drug-likeness (QED) is 0.265. The first-order chi connectivity index (χ1) is 13.1. The number of benzene rings is 1. The second kappa shape index (κ2) is 15.0. The molecule has 2 amide bonds. The number of carbonyl (C=O) groups is 1. The van der Waals surface area contributed by atoms with Crippen molar-refractivity contribution in [2.24, 2.45) is 4.99 Å². The van der Waals surface area contributed by atoms with E-state index in [-0.39, 0.29) is 20.1 Å². The molecular formula is C20H31N5O3. The van der Waals surface area contributed by atoms with E-state index in [9.17, 15) is 4.79 Å². The van der Waals surface area contributed by atoms with E-state index < -0.39 is 0 Å². The Kier molecular flexibility index (Phi) is 13.3. The van der Waals surface area contributed by atoms with Gasteiger partial charge in [0, 0.05) is 25.8 Å². The Morgan fingerprint density at radius 2 is 2.07 bits per heavy atom. The van der Waals surface area contributed by atoms with Crippen LogP contribution in [0.25, 0.3) is 0 Å². The van der Waals surface area contributed by atoms with Crippen molar-refractivity contribution in [1.29, 1.82) is 5.41 Å². The van der Waals surface area contributed by atoms with Crippen molar-refractivity contribution < 1.29 is 14.3 Å². The van der Waals surface area contributed by atoms with E-state index in [4.69, 9.17) is 14.9 Å². The minimum Gasteiger partial charge on any atom is -0.497 e. The topological polar surface area (TPSA) is 108 Å². The molecule has 1 rings (SSSR count). The van der Waals surface area contributed by atoms with Crippen LogP contribution >= 0.6 is 0 Å². The fourth-order valence-electron chi connectivity index (χ4n) is 1.98. The van der Waals surface area contributed by atoms with Crippen molar-refractivity contribution in [1.82, 2.24) is 16.0 Å². The molecule has 1 aromatic rings. The highest BCUT2D eigenvalue weighted by Crippen LogP contribution is 2.13. The summed E-state index contributed by atoms with van der Waals surface area (Å²) < 4.78 is 10.1. The highest BCUT2D eigenvalue weighted by Gasteiger charge is 2.01. The molecule has 0 aromatic heterocycles. The van der Waals surface area contributed by atoms with Gasteiger partial charge in [-0.25, -0.2) is 9.79 Å². The Balaban J connectivity index is 0.00000729. The highest BCUT2D eigenvalue weighted by atomic mass is 16.5. The van der Waals surface area contributed by atoms with Crippen LogP contribution in [0.2, 0.25) is 0 Å². The number of allylic oxidation sites excluding steroid dienone is 1. The molecule has 0 fully saturated rings. The predicted octanol–water partition coefficient (Wildman–Crippen LogP) is 2.68. The van der Waals surface area contributed by atoms with Crippen LogP contribution in [0, 0.1) is 5.41 Å². The smallest absolute Gasteiger partial charge is 0.316 e. The second-order valence-corrected chi connectivity index (χ2v) is 5.31. The SMILES string of the molecule is C.C=CNC(/C=C\C(=N)c1cccc(OC)c1)=N\CNC(=O)NCCCOC. The van der Waals surface area contributed by atoms with Crippen molar-refractivity contribution >= 4 is 17.6 Å². The number of nitrogens with one attached hydrogen (secondary N) is 4. The lowest BCUT2D eigenvalue weighted by molar-refractivity contribution is 0.193. The summed E-state index contributed by atoms with van der Waals surface area (Å²) in [5, 5.41) is 16.3. The molecule has 0 radical (unpaired) electrons. The van der Waals surface area contributed by atoms with E-state index >= 15 is 0 Å². The Morgan fingerprint density at radius 3 is 2.75 bits per heavy atom. The number of nitrogens with zero attached hydrogens (tertiary/aromatic N) is 1. The molecular weight excluding hydrogens is 358 g/mol. The van der Waals surface area contributed by atoms with Gasteiger partial charge in [0.25, 0.3) is 0 Å². The molecule has 8 nitrogen and oxygen atoms in total. The second-order valence-electron chi connectivity index (χ2n) is 5.31. The lowest BCUT2D eigenvalue weighted by Crippen LogP contribution is -2.36. The van der Waals surface area contributed by atoms with Gasteiger partial charge in [0.15, 0.2) is 0 Å². The van der Waals surface area contributed by atoms with Crippen LogP contribution < -0.4 is 20.7 Å². The zero-order chi connectivity index (χ0) is 19.9. The fourth-order valence-corrected chi connectivity index (χ4v) is 1.98. The number of ether oxygens (including phenoxy) is 2. The van der Waals surface area contributed by atoms with Gasteiger partial charge in [0.1, 0.15) is 18.3 Å².